The molecule has 0 amide bonds. The maximum absolute atomic E-state index is 13.1. The number of hydrogen-bond acceptors (Lipinski definition) is 2. The average molecular weight is 233 g/mol. The predicted molar refractivity (Wildman–Crippen MR) is 52.9 cm³/mol. The molecule has 0 N–H and O–H groups in total. The van der Waals surface area contributed by atoms with Crippen LogP contribution in [0.4, 0.5) is 4.39 Å². The summed E-state index contributed by atoms with van der Waals surface area (Å²) < 4.78 is 13.1. The van der Waals surface area contributed by atoms with E-state index in [1.54, 1.807) is 13.8 Å². The number of nitriles is 1. The lowest BCUT2D eigenvalue weighted by atomic mass is 9.87. The fraction of sp³-hybridized carbons (Fsp3) is 0.333. The average Bonchev–Trinajstić information content (AvgIpc) is 2.11. The van der Waals surface area contributed by atoms with E-state index in [1.807, 2.05) is 6.07 Å². The van der Waals surface area contributed by atoms with Crippen LogP contribution in [0.2, 0.25) is 10.3 Å². The van der Waals surface area contributed by atoms with E-state index in [9.17, 15) is 4.39 Å². The van der Waals surface area contributed by atoms with Gasteiger partial charge in [0.15, 0.2) is 11.0 Å². The van der Waals surface area contributed by atoms with Crippen molar-refractivity contribution in [2.24, 2.45) is 0 Å². The summed E-state index contributed by atoms with van der Waals surface area (Å²) in [5, 5.41) is 8.61. The monoisotopic (exact) mass is 232 g/mol. The standard InChI is InChI=1S/C9H7Cl2FN2/c1-9(2,4-13)5-3-6(12)8(11)14-7(5)10/h3H,1-2H3. The maximum Gasteiger partial charge on any atom is 0.166 e. The third-order valence-electron chi connectivity index (χ3n) is 1.84. The molecule has 0 aliphatic carbocycles. The molecule has 1 heterocycles. The molecule has 0 fully saturated rings. The molecule has 0 unspecified atom stereocenters. The Bertz CT molecular complexity index is 410. The van der Waals surface area contributed by atoms with Gasteiger partial charge in [0, 0.05) is 5.56 Å². The highest BCUT2D eigenvalue weighted by Crippen LogP contribution is 2.30. The van der Waals surface area contributed by atoms with Gasteiger partial charge in [0.25, 0.3) is 0 Å². The van der Waals surface area contributed by atoms with Crippen molar-refractivity contribution in [3.8, 4) is 6.07 Å². The van der Waals surface area contributed by atoms with Crippen molar-refractivity contribution in [2.75, 3.05) is 0 Å². The van der Waals surface area contributed by atoms with Crippen LogP contribution in [0.1, 0.15) is 19.4 Å². The number of pyridine rings is 1. The molecule has 0 saturated heterocycles. The van der Waals surface area contributed by atoms with Gasteiger partial charge in [0.05, 0.1) is 11.5 Å². The van der Waals surface area contributed by atoms with Crippen molar-refractivity contribution < 1.29 is 4.39 Å². The zero-order valence-corrected chi connectivity index (χ0v) is 9.12. The predicted octanol–water partition coefficient (Wildman–Crippen LogP) is 3.33. The Morgan fingerprint density at radius 2 is 2.00 bits per heavy atom. The molecule has 5 heteroatoms. The van der Waals surface area contributed by atoms with Gasteiger partial charge in [-0.05, 0) is 19.9 Å². The summed E-state index contributed by atoms with van der Waals surface area (Å²) in [6.07, 6.45) is 0. The third-order valence-corrected chi connectivity index (χ3v) is 2.39. The smallest absolute Gasteiger partial charge is 0.166 e. The molecular formula is C9H7Cl2FN2. The number of aromatic nitrogens is 1. The SMILES string of the molecule is CC(C)(C#N)c1cc(F)c(Cl)nc1Cl. The summed E-state index contributed by atoms with van der Waals surface area (Å²) in [4.78, 5) is 3.59. The van der Waals surface area contributed by atoms with Gasteiger partial charge in [-0.25, -0.2) is 9.37 Å². The minimum atomic E-state index is -0.879. The van der Waals surface area contributed by atoms with Crippen LogP contribution in [0.3, 0.4) is 0 Å². The van der Waals surface area contributed by atoms with Crippen LogP contribution in [-0.2, 0) is 5.41 Å². The molecule has 0 aliphatic heterocycles. The van der Waals surface area contributed by atoms with Crippen LogP contribution in [0.15, 0.2) is 6.07 Å². The first-order valence-corrected chi connectivity index (χ1v) is 4.57. The van der Waals surface area contributed by atoms with E-state index in [0.717, 1.165) is 6.07 Å². The quantitative estimate of drug-likeness (QED) is 0.697. The van der Waals surface area contributed by atoms with E-state index < -0.39 is 11.2 Å². The Balaban J connectivity index is 3.38. The Labute approximate surface area is 91.3 Å². The van der Waals surface area contributed by atoms with E-state index in [0.29, 0.717) is 5.56 Å². The third kappa shape index (κ3) is 1.97. The Morgan fingerprint density at radius 3 is 2.50 bits per heavy atom. The van der Waals surface area contributed by atoms with Gasteiger partial charge in [-0.1, -0.05) is 23.2 Å². The van der Waals surface area contributed by atoms with Crippen molar-refractivity contribution in [1.82, 2.24) is 4.98 Å². The minimum Gasteiger partial charge on any atom is -0.221 e. The minimum absolute atomic E-state index is 0.0583. The van der Waals surface area contributed by atoms with Crippen molar-refractivity contribution in [3.05, 3.63) is 27.8 Å². The molecule has 0 aliphatic rings. The fourth-order valence-corrected chi connectivity index (χ4v) is 1.50. The molecule has 14 heavy (non-hydrogen) atoms. The van der Waals surface area contributed by atoms with Crippen LogP contribution < -0.4 is 0 Å². The lowest BCUT2D eigenvalue weighted by Gasteiger charge is -2.16. The first-order chi connectivity index (χ1) is 6.38. The molecule has 0 saturated carbocycles. The Kier molecular flexibility index (Phi) is 2.98. The van der Waals surface area contributed by atoms with Crippen LogP contribution in [-0.4, -0.2) is 4.98 Å². The lowest BCUT2D eigenvalue weighted by molar-refractivity contribution is 0.605. The van der Waals surface area contributed by atoms with Gasteiger partial charge in [-0.15, -0.1) is 0 Å². The molecule has 2 nitrogen and oxygen atoms in total. The lowest BCUT2D eigenvalue weighted by Crippen LogP contribution is -2.15. The highest BCUT2D eigenvalue weighted by Gasteiger charge is 2.25. The molecule has 0 atom stereocenters. The number of halogens is 3. The van der Waals surface area contributed by atoms with Crippen LogP contribution in [0.25, 0.3) is 0 Å². The van der Waals surface area contributed by atoms with Crippen molar-refractivity contribution in [1.29, 1.82) is 5.26 Å². The molecule has 74 valence electrons. The van der Waals surface area contributed by atoms with Gasteiger partial charge in [0.1, 0.15) is 5.15 Å². The van der Waals surface area contributed by atoms with Crippen molar-refractivity contribution in [3.63, 3.8) is 0 Å². The van der Waals surface area contributed by atoms with Gasteiger partial charge in [-0.3, -0.25) is 0 Å². The largest absolute Gasteiger partial charge is 0.221 e. The molecule has 1 aromatic heterocycles. The van der Waals surface area contributed by atoms with Gasteiger partial charge in [0.2, 0.25) is 0 Å². The summed E-state index contributed by atoms with van der Waals surface area (Å²) in [7, 11) is 0. The number of nitrogens with zero attached hydrogens (tertiary/aromatic N) is 2. The Hall–Kier alpha value is -0.850. The van der Waals surface area contributed by atoms with E-state index in [2.05, 4.69) is 4.98 Å². The second-order valence-corrected chi connectivity index (χ2v) is 4.05. The Morgan fingerprint density at radius 1 is 1.43 bits per heavy atom. The summed E-state index contributed by atoms with van der Waals surface area (Å²) in [5.41, 5.74) is -0.543. The van der Waals surface area contributed by atoms with Gasteiger partial charge >= 0.3 is 0 Å². The second-order valence-electron chi connectivity index (χ2n) is 3.34. The van der Waals surface area contributed by atoms with Crippen LogP contribution in [0.5, 0.6) is 0 Å². The first-order valence-electron chi connectivity index (χ1n) is 3.82. The summed E-state index contributed by atoms with van der Waals surface area (Å²) >= 11 is 11.2. The maximum atomic E-state index is 13.1. The molecule has 0 radical (unpaired) electrons. The summed E-state index contributed by atoms with van der Waals surface area (Å²) in [6.45, 7) is 3.26. The summed E-state index contributed by atoms with van der Waals surface area (Å²) in [5.74, 6) is -0.672. The number of rotatable bonds is 1. The molecule has 0 spiro atoms. The summed E-state index contributed by atoms with van der Waals surface area (Å²) in [6, 6.07) is 3.15. The van der Waals surface area contributed by atoms with Gasteiger partial charge in [-0.2, -0.15) is 5.26 Å². The molecular weight excluding hydrogens is 226 g/mol. The molecule has 1 rings (SSSR count). The highest BCUT2D eigenvalue weighted by atomic mass is 35.5. The number of hydrogen-bond donors (Lipinski definition) is 0. The zero-order valence-electron chi connectivity index (χ0n) is 7.61. The van der Waals surface area contributed by atoms with E-state index >= 15 is 0 Å². The highest BCUT2D eigenvalue weighted by molar-refractivity contribution is 6.33. The normalized spacial score (nSPS) is 11.1. The first kappa shape index (κ1) is 11.2. The second kappa shape index (κ2) is 3.72. The van der Waals surface area contributed by atoms with Crippen LogP contribution in [0, 0.1) is 17.1 Å². The molecule has 0 aromatic carbocycles. The van der Waals surface area contributed by atoms with Crippen LogP contribution >= 0.6 is 23.2 Å². The molecule has 1 aromatic rings. The van der Waals surface area contributed by atoms with Crippen molar-refractivity contribution >= 4 is 23.2 Å². The fourth-order valence-electron chi connectivity index (χ4n) is 0.944. The van der Waals surface area contributed by atoms with E-state index in [-0.39, 0.29) is 10.3 Å². The van der Waals surface area contributed by atoms with Crippen molar-refractivity contribution in [2.45, 2.75) is 19.3 Å². The topological polar surface area (TPSA) is 36.7 Å². The van der Waals surface area contributed by atoms with Gasteiger partial charge < -0.3 is 0 Å². The zero-order chi connectivity index (χ0) is 10.9. The van der Waals surface area contributed by atoms with E-state index in [4.69, 9.17) is 28.5 Å². The van der Waals surface area contributed by atoms with E-state index in [1.165, 1.54) is 0 Å². The molecule has 0 bridgehead atoms.